The molecule has 3 rings (SSSR count). The molecule has 0 aliphatic carbocycles. The van der Waals surface area contributed by atoms with Gasteiger partial charge in [0.2, 0.25) is 5.95 Å². The van der Waals surface area contributed by atoms with Gasteiger partial charge in [0, 0.05) is 45.5 Å². The van der Waals surface area contributed by atoms with E-state index in [1.165, 1.54) is 6.26 Å². The zero-order chi connectivity index (χ0) is 22.3. The number of nitrogens with zero attached hydrogens (tertiary/aromatic N) is 5. The van der Waals surface area contributed by atoms with Gasteiger partial charge in [-0.2, -0.15) is 13.2 Å². The molecule has 2 aromatic rings. The smallest absolute Gasteiger partial charge is 0.433 e. The average Bonchev–Trinajstić information content (AvgIpc) is 3.30. The van der Waals surface area contributed by atoms with E-state index in [1.54, 1.807) is 17.0 Å². The fourth-order valence-electron chi connectivity index (χ4n) is 3.03. The summed E-state index contributed by atoms with van der Waals surface area (Å²) in [4.78, 5) is 27.9. The number of rotatable bonds is 6. The van der Waals surface area contributed by atoms with Gasteiger partial charge in [0.05, 0.1) is 12.8 Å². The number of piperazine rings is 1. The summed E-state index contributed by atoms with van der Waals surface area (Å²) < 4.78 is 43.3. The Morgan fingerprint density at radius 3 is 2.61 bits per heavy atom. The summed E-state index contributed by atoms with van der Waals surface area (Å²) >= 11 is 0. The number of nitrogens with one attached hydrogen (secondary N) is 2. The van der Waals surface area contributed by atoms with Crippen molar-refractivity contribution in [1.82, 2.24) is 25.1 Å². The van der Waals surface area contributed by atoms with Crippen LogP contribution in [0.4, 0.5) is 19.1 Å². The van der Waals surface area contributed by atoms with Crippen LogP contribution in [-0.2, 0) is 6.18 Å². The summed E-state index contributed by atoms with van der Waals surface area (Å²) in [5, 5.41) is 5.95. The second-order valence-corrected chi connectivity index (χ2v) is 6.68. The molecule has 168 valence electrons. The van der Waals surface area contributed by atoms with Crippen molar-refractivity contribution in [2.24, 2.45) is 4.99 Å². The molecule has 1 aliphatic heterocycles. The number of aromatic nitrogens is 2. The van der Waals surface area contributed by atoms with Crippen molar-refractivity contribution in [2.45, 2.75) is 13.1 Å². The highest BCUT2D eigenvalue weighted by atomic mass is 19.4. The molecule has 1 fully saturated rings. The van der Waals surface area contributed by atoms with Crippen LogP contribution in [0, 0.1) is 0 Å². The number of hydrogen-bond acceptors (Lipinski definition) is 6. The zero-order valence-corrected chi connectivity index (χ0v) is 17.0. The lowest BCUT2D eigenvalue weighted by Gasteiger charge is -2.36. The lowest BCUT2D eigenvalue weighted by Crippen LogP contribution is -2.53. The number of alkyl halides is 3. The van der Waals surface area contributed by atoms with E-state index < -0.39 is 11.9 Å². The van der Waals surface area contributed by atoms with E-state index in [-0.39, 0.29) is 18.4 Å². The molecule has 1 aliphatic rings. The summed E-state index contributed by atoms with van der Waals surface area (Å²) in [5.41, 5.74) is -0.996. The number of aliphatic imine (C=N–C) groups is 1. The maximum Gasteiger partial charge on any atom is 0.433 e. The molecular formula is C19H24F3N7O2. The van der Waals surface area contributed by atoms with Crippen LogP contribution in [0.5, 0.6) is 0 Å². The van der Waals surface area contributed by atoms with Crippen molar-refractivity contribution >= 4 is 17.8 Å². The van der Waals surface area contributed by atoms with E-state index in [4.69, 9.17) is 4.42 Å². The Bertz CT molecular complexity index is 879. The normalized spacial score (nSPS) is 15.2. The summed E-state index contributed by atoms with van der Waals surface area (Å²) in [6, 6.07) is 4.14. The highest BCUT2D eigenvalue weighted by Gasteiger charge is 2.32. The van der Waals surface area contributed by atoms with E-state index in [0.717, 1.165) is 12.3 Å². The first-order valence-electron chi connectivity index (χ1n) is 9.88. The molecule has 2 aromatic heterocycles. The van der Waals surface area contributed by atoms with Gasteiger partial charge in [-0.25, -0.2) is 9.97 Å². The predicted molar refractivity (Wildman–Crippen MR) is 108 cm³/mol. The molecule has 1 saturated heterocycles. The second kappa shape index (κ2) is 10.1. The quantitative estimate of drug-likeness (QED) is 0.403. The van der Waals surface area contributed by atoms with Crippen molar-refractivity contribution in [3.05, 3.63) is 42.1 Å². The van der Waals surface area contributed by atoms with Gasteiger partial charge in [0.25, 0.3) is 5.91 Å². The van der Waals surface area contributed by atoms with Gasteiger partial charge in [-0.05, 0) is 25.1 Å². The third-order valence-electron chi connectivity index (χ3n) is 4.54. The maximum absolute atomic E-state index is 12.7. The fourth-order valence-corrected chi connectivity index (χ4v) is 3.03. The van der Waals surface area contributed by atoms with Gasteiger partial charge in [-0.3, -0.25) is 9.79 Å². The molecule has 9 nitrogen and oxygen atoms in total. The number of guanidine groups is 1. The van der Waals surface area contributed by atoms with Gasteiger partial charge >= 0.3 is 6.18 Å². The van der Waals surface area contributed by atoms with E-state index >= 15 is 0 Å². The van der Waals surface area contributed by atoms with Gasteiger partial charge in [-0.1, -0.05) is 0 Å². The highest BCUT2D eigenvalue weighted by molar-refractivity contribution is 5.91. The van der Waals surface area contributed by atoms with Crippen LogP contribution in [0.3, 0.4) is 0 Å². The first kappa shape index (κ1) is 22.4. The molecule has 0 radical (unpaired) electrons. The summed E-state index contributed by atoms with van der Waals surface area (Å²) in [6.45, 7) is 5.45. The van der Waals surface area contributed by atoms with E-state index in [2.05, 4.69) is 25.6 Å². The predicted octanol–water partition coefficient (Wildman–Crippen LogP) is 1.92. The second-order valence-electron chi connectivity index (χ2n) is 6.68. The zero-order valence-electron chi connectivity index (χ0n) is 17.0. The highest BCUT2D eigenvalue weighted by Crippen LogP contribution is 2.27. The first-order chi connectivity index (χ1) is 14.9. The van der Waals surface area contributed by atoms with Gasteiger partial charge in [0.15, 0.2) is 11.7 Å². The van der Waals surface area contributed by atoms with Crippen molar-refractivity contribution in [2.75, 3.05) is 51.1 Å². The molecule has 12 heteroatoms. The number of hydrogen-bond donors (Lipinski definition) is 2. The molecule has 3 heterocycles. The molecule has 0 bridgehead atoms. The number of carbonyl (C=O) groups excluding carboxylic acids is 1. The monoisotopic (exact) mass is 439 g/mol. The van der Waals surface area contributed by atoms with Crippen molar-refractivity contribution in [3.8, 4) is 0 Å². The van der Waals surface area contributed by atoms with Crippen molar-refractivity contribution in [3.63, 3.8) is 0 Å². The molecule has 31 heavy (non-hydrogen) atoms. The topological polar surface area (TPSA) is 98.9 Å². The molecule has 0 atom stereocenters. The lowest BCUT2D eigenvalue weighted by atomic mass is 10.3. The Balaban J connectivity index is 1.51. The van der Waals surface area contributed by atoms with Gasteiger partial charge in [-0.15, -0.1) is 0 Å². The molecule has 0 aromatic carbocycles. The summed E-state index contributed by atoms with van der Waals surface area (Å²) in [6.07, 6.45) is -1.98. The summed E-state index contributed by atoms with van der Waals surface area (Å²) in [5.74, 6) is 0.758. The van der Waals surface area contributed by atoms with Crippen LogP contribution in [-0.4, -0.2) is 77.4 Å². The van der Waals surface area contributed by atoms with Crippen LogP contribution in [0.2, 0.25) is 0 Å². The number of furan rings is 1. The molecule has 0 unspecified atom stereocenters. The van der Waals surface area contributed by atoms with Crippen LogP contribution in [0.25, 0.3) is 0 Å². The largest absolute Gasteiger partial charge is 0.459 e. The average molecular weight is 439 g/mol. The Morgan fingerprint density at radius 2 is 1.97 bits per heavy atom. The van der Waals surface area contributed by atoms with Crippen LogP contribution < -0.4 is 10.6 Å². The molecular weight excluding hydrogens is 415 g/mol. The number of carbonyl (C=O) groups is 1. The number of anilines is 1. The Kier molecular flexibility index (Phi) is 7.32. The van der Waals surface area contributed by atoms with Crippen molar-refractivity contribution in [1.29, 1.82) is 0 Å². The minimum atomic E-state index is -4.52. The fraction of sp³-hybridized carbons (Fsp3) is 0.474. The minimum Gasteiger partial charge on any atom is -0.459 e. The Morgan fingerprint density at radius 1 is 1.23 bits per heavy atom. The van der Waals surface area contributed by atoms with E-state index in [0.29, 0.717) is 51.0 Å². The van der Waals surface area contributed by atoms with Gasteiger partial charge < -0.3 is 24.9 Å². The van der Waals surface area contributed by atoms with Crippen LogP contribution in [0.15, 0.2) is 40.1 Å². The standard InChI is InChI=1S/C19H24F3N7O2/c1-2-23-18(26-8-7-25-17-24-6-5-15(27-17)19(20,21)22)29-11-9-28(10-12-29)16(30)14-4-3-13-31-14/h3-6,13H,2,7-12H2,1H3,(H,23,26)(H,24,25,27). The number of amides is 1. The number of halogens is 3. The van der Waals surface area contributed by atoms with E-state index in [1.807, 2.05) is 11.8 Å². The molecule has 0 spiro atoms. The van der Waals surface area contributed by atoms with Crippen molar-refractivity contribution < 1.29 is 22.4 Å². The van der Waals surface area contributed by atoms with Crippen LogP contribution >= 0.6 is 0 Å². The molecule has 2 N–H and O–H groups in total. The molecule has 1 amide bonds. The Hall–Kier alpha value is -3.31. The Labute approximate surface area is 177 Å². The molecule has 0 saturated carbocycles. The lowest BCUT2D eigenvalue weighted by molar-refractivity contribution is -0.141. The first-order valence-corrected chi connectivity index (χ1v) is 9.88. The third kappa shape index (κ3) is 6.09. The maximum atomic E-state index is 12.7. The SMILES string of the molecule is CCNC(=NCCNc1nccc(C(F)(F)F)n1)N1CCN(C(=O)c2ccco2)CC1. The van der Waals surface area contributed by atoms with E-state index in [9.17, 15) is 18.0 Å². The summed E-state index contributed by atoms with van der Waals surface area (Å²) in [7, 11) is 0. The third-order valence-corrected chi connectivity index (χ3v) is 4.54. The van der Waals surface area contributed by atoms with Gasteiger partial charge in [0.1, 0.15) is 5.69 Å². The minimum absolute atomic E-state index is 0.0971. The van der Waals surface area contributed by atoms with Crippen LogP contribution in [0.1, 0.15) is 23.2 Å².